The van der Waals surface area contributed by atoms with E-state index in [1.165, 1.54) is 16.2 Å². The lowest BCUT2D eigenvalue weighted by molar-refractivity contribution is 0.670. The molecule has 4 heteroatoms. The van der Waals surface area contributed by atoms with Gasteiger partial charge in [-0.2, -0.15) is 0 Å². The van der Waals surface area contributed by atoms with Crippen molar-refractivity contribution >= 4 is 43.5 Å². The Hall–Kier alpha value is -6.13. The second kappa shape index (κ2) is 10.2. The third-order valence-corrected chi connectivity index (χ3v) is 8.48. The van der Waals surface area contributed by atoms with Crippen LogP contribution < -0.4 is 0 Å². The van der Waals surface area contributed by atoms with Gasteiger partial charge in [-0.05, 0) is 51.4 Å². The second-order valence-electron chi connectivity index (χ2n) is 11.3. The monoisotopic (exact) mass is 575 g/mol. The molecule has 7 aromatic carbocycles. The summed E-state index contributed by atoms with van der Waals surface area (Å²) in [6.07, 6.45) is 0. The summed E-state index contributed by atoms with van der Waals surface area (Å²) in [5.74, 6) is 1.86. The van der Waals surface area contributed by atoms with E-state index < -0.39 is 0 Å². The number of hydrogen-bond acceptors (Lipinski definition) is 4. The number of benzene rings is 7. The van der Waals surface area contributed by atoms with Crippen molar-refractivity contribution in [3.05, 3.63) is 152 Å². The van der Waals surface area contributed by atoms with Crippen molar-refractivity contribution in [3.8, 4) is 45.3 Å². The molecule has 0 spiro atoms. The number of rotatable bonds is 4. The molecule has 0 bridgehead atoms. The quantitative estimate of drug-likeness (QED) is 0.209. The predicted octanol–water partition coefficient (Wildman–Crippen LogP) is 10.7. The predicted molar refractivity (Wildman–Crippen MR) is 184 cm³/mol. The molecule has 2 aromatic heterocycles. The molecular weight excluding hydrogens is 550 g/mol. The van der Waals surface area contributed by atoms with Crippen molar-refractivity contribution in [3.63, 3.8) is 0 Å². The molecule has 0 aliphatic rings. The average Bonchev–Trinajstić information content (AvgIpc) is 3.48. The van der Waals surface area contributed by atoms with E-state index in [2.05, 4.69) is 115 Å². The van der Waals surface area contributed by atoms with Crippen molar-refractivity contribution in [2.75, 3.05) is 0 Å². The minimum atomic E-state index is 0.600. The van der Waals surface area contributed by atoms with Gasteiger partial charge >= 0.3 is 0 Å². The summed E-state index contributed by atoms with van der Waals surface area (Å²) in [4.78, 5) is 14.9. The van der Waals surface area contributed by atoms with Crippen molar-refractivity contribution in [1.82, 2.24) is 15.0 Å². The lowest BCUT2D eigenvalue weighted by Gasteiger charge is -2.09. The van der Waals surface area contributed by atoms with Crippen LogP contribution in [0.4, 0.5) is 0 Å². The van der Waals surface area contributed by atoms with Gasteiger partial charge in [0, 0.05) is 33.0 Å². The zero-order chi connectivity index (χ0) is 29.7. The summed E-state index contributed by atoms with van der Waals surface area (Å²) in [7, 11) is 0. The minimum absolute atomic E-state index is 0.600. The van der Waals surface area contributed by atoms with Crippen LogP contribution in [0.1, 0.15) is 0 Å². The zero-order valence-electron chi connectivity index (χ0n) is 24.2. The van der Waals surface area contributed by atoms with Crippen LogP contribution in [0.5, 0.6) is 0 Å². The van der Waals surface area contributed by atoms with Crippen LogP contribution in [-0.2, 0) is 0 Å². The van der Waals surface area contributed by atoms with Crippen molar-refractivity contribution in [2.45, 2.75) is 0 Å². The standard InChI is InChI=1S/C41H25N3O/c1-3-12-27(13-4-1)37-33-18-10-9-17-30(33)24-35-34-22-21-32(25-36(34)45-38(35)37)41-43-39(28-14-5-2-6-15-28)42-40(44-41)31-20-19-26-11-7-8-16-29(26)23-31/h1-25H. The van der Waals surface area contributed by atoms with Crippen LogP contribution in [-0.4, -0.2) is 15.0 Å². The minimum Gasteiger partial charge on any atom is -0.455 e. The number of fused-ring (bicyclic) bond motifs is 5. The molecule has 0 N–H and O–H groups in total. The largest absolute Gasteiger partial charge is 0.455 e. The first kappa shape index (κ1) is 25.4. The first-order valence-electron chi connectivity index (χ1n) is 15.0. The molecule has 0 saturated carbocycles. The molecule has 0 aliphatic carbocycles. The van der Waals surface area contributed by atoms with Crippen molar-refractivity contribution in [2.24, 2.45) is 0 Å². The van der Waals surface area contributed by atoms with E-state index in [4.69, 9.17) is 19.4 Å². The van der Waals surface area contributed by atoms with Crippen LogP contribution in [0.2, 0.25) is 0 Å². The van der Waals surface area contributed by atoms with E-state index >= 15 is 0 Å². The van der Waals surface area contributed by atoms with Gasteiger partial charge in [0.1, 0.15) is 11.2 Å². The van der Waals surface area contributed by atoms with E-state index in [-0.39, 0.29) is 0 Å². The average molecular weight is 576 g/mol. The third-order valence-electron chi connectivity index (χ3n) is 8.48. The Bertz CT molecular complexity index is 2540. The molecule has 9 rings (SSSR count). The fourth-order valence-electron chi connectivity index (χ4n) is 6.28. The topological polar surface area (TPSA) is 51.8 Å². The van der Waals surface area contributed by atoms with Gasteiger partial charge in [-0.1, -0.05) is 127 Å². The number of furan rings is 1. The van der Waals surface area contributed by atoms with Crippen LogP contribution in [0.3, 0.4) is 0 Å². The highest BCUT2D eigenvalue weighted by Gasteiger charge is 2.18. The summed E-state index contributed by atoms with van der Waals surface area (Å²) in [6.45, 7) is 0. The highest BCUT2D eigenvalue weighted by molar-refractivity contribution is 6.18. The highest BCUT2D eigenvalue weighted by Crippen LogP contribution is 2.42. The van der Waals surface area contributed by atoms with Gasteiger partial charge in [0.2, 0.25) is 0 Å². The van der Waals surface area contributed by atoms with Gasteiger partial charge in [-0.15, -0.1) is 0 Å². The normalized spacial score (nSPS) is 11.6. The Morgan fingerprint density at radius 3 is 1.69 bits per heavy atom. The third kappa shape index (κ3) is 4.35. The van der Waals surface area contributed by atoms with Gasteiger partial charge in [-0.3, -0.25) is 0 Å². The molecule has 0 aliphatic heterocycles. The summed E-state index contributed by atoms with van der Waals surface area (Å²) in [6, 6.07) is 52.2. The Balaban J connectivity index is 1.26. The van der Waals surface area contributed by atoms with Crippen molar-refractivity contribution in [1.29, 1.82) is 0 Å². The van der Waals surface area contributed by atoms with Crippen LogP contribution in [0.15, 0.2) is 156 Å². The highest BCUT2D eigenvalue weighted by atomic mass is 16.3. The van der Waals surface area contributed by atoms with Gasteiger partial charge in [0.15, 0.2) is 17.5 Å². The van der Waals surface area contributed by atoms with Crippen molar-refractivity contribution < 1.29 is 4.42 Å². The van der Waals surface area contributed by atoms with Gasteiger partial charge in [0.05, 0.1) is 0 Å². The van der Waals surface area contributed by atoms with Gasteiger partial charge in [0.25, 0.3) is 0 Å². The number of hydrogen-bond donors (Lipinski definition) is 0. The Kier molecular flexibility index (Phi) is 5.78. The maximum absolute atomic E-state index is 6.72. The fraction of sp³-hybridized carbons (Fsp3) is 0. The maximum atomic E-state index is 6.72. The molecule has 0 unspecified atom stereocenters. The van der Waals surface area contributed by atoms with E-state index in [0.717, 1.165) is 55.1 Å². The first-order valence-corrected chi connectivity index (χ1v) is 15.0. The van der Waals surface area contributed by atoms with E-state index in [1.807, 2.05) is 36.4 Å². The molecule has 2 heterocycles. The molecule has 0 saturated heterocycles. The summed E-state index contributed by atoms with van der Waals surface area (Å²) >= 11 is 0. The number of aromatic nitrogens is 3. The molecule has 0 fully saturated rings. The Morgan fingerprint density at radius 1 is 0.356 bits per heavy atom. The molecule has 0 amide bonds. The summed E-state index contributed by atoms with van der Waals surface area (Å²) in [5, 5.41) is 6.82. The smallest absolute Gasteiger partial charge is 0.164 e. The molecule has 0 radical (unpaired) electrons. The SMILES string of the molecule is c1ccc(-c2nc(-c3ccc4ccccc4c3)nc(-c3ccc4c(c3)oc3c(-c5ccccc5)c5ccccc5cc34)n2)cc1. The van der Waals surface area contributed by atoms with Crippen LogP contribution >= 0.6 is 0 Å². The molecule has 4 nitrogen and oxygen atoms in total. The van der Waals surface area contributed by atoms with Gasteiger partial charge < -0.3 is 4.42 Å². The molecule has 45 heavy (non-hydrogen) atoms. The number of nitrogens with zero attached hydrogens (tertiary/aromatic N) is 3. The lowest BCUT2D eigenvalue weighted by Crippen LogP contribution is -2.00. The zero-order valence-corrected chi connectivity index (χ0v) is 24.2. The van der Waals surface area contributed by atoms with E-state index in [1.54, 1.807) is 0 Å². The fourth-order valence-corrected chi connectivity index (χ4v) is 6.28. The van der Waals surface area contributed by atoms with E-state index in [9.17, 15) is 0 Å². The lowest BCUT2D eigenvalue weighted by atomic mass is 9.95. The summed E-state index contributed by atoms with van der Waals surface area (Å²) in [5.41, 5.74) is 6.66. The molecule has 0 atom stereocenters. The van der Waals surface area contributed by atoms with E-state index in [0.29, 0.717) is 17.5 Å². The molecule has 9 aromatic rings. The Labute approximate surface area is 259 Å². The van der Waals surface area contributed by atoms with Gasteiger partial charge in [-0.25, -0.2) is 15.0 Å². The van der Waals surface area contributed by atoms with Crippen LogP contribution in [0.25, 0.3) is 88.8 Å². The molecule has 210 valence electrons. The first-order chi connectivity index (χ1) is 22.3. The maximum Gasteiger partial charge on any atom is 0.164 e. The molecular formula is C41H25N3O. The summed E-state index contributed by atoms with van der Waals surface area (Å²) < 4.78 is 6.72. The van der Waals surface area contributed by atoms with Crippen LogP contribution in [0, 0.1) is 0 Å². The Morgan fingerprint density at radius 2 is 0.933 bits per heavy atom. The second-order valence-corrected chi connectivity index (χ2v) is 11.3.